The number of fused-ring (bicyclic) bond motifs is 1. The molecule has 1 aliphatic heterocycles. The van der Waals surface area contributed by atoms with E-state index in [9.17, 15) is 5.11 Å². The van der Waals surface area contributed by atoms with Crippen LogP contribution in [-0.4, -0.2) is 21.9 Å². The molecule has 4 heteroatoms. The number of rotatable bonds is 0. The Morgan fingerprint density at radius 3 is 1.86 bits per heavy atom. The van der Waals surface area contributed by atoms with Crippen LogP contribution in [0, 0.1) is 13.8 Å². The topological polar surface area (TPSA) is 69.9 Å². The van der Waals surface area contributed by atoms with Crippen molar-refractivity contribution in [2.24, 2.45) is 0 Å². The summed E-state index contributed by atoms with van der Waals surface area (Å²) in [5.74, 6) is 1.91. The van der Waals surface area contributed by atoms with Crippen LogP contribution in [0.2, 0.25) is 0 Å². The monoisotopic (exact) mass is 396 g/mol. The molecule has 29 heavy (non-hydrogen) atoms. The second-order valence-electron chi connectivity index (χ2n) is 6.27. The van der Waals surface area contributed by atoms with Gasteiger partial charge in [-0.1, -0.05) is 56.3 Å². The predicted molar refractivity (Wildman–Crippen MR) is 119 cm³/mol. The van der Waals surface area contributed by atoms with Crippen LogP contribution >= 0.6 is 0 Å². The maximum Gasteiger partial charge on any atom is 0.129 e. The lowest BCUT2D eigenvalue weighted by Gasteiger charge is -2.19. The summed E-state index contributed by atoms with van der Waals surface area (Å²) < 4.78 is 5.48. The number of para-hydroxylation sites is 2. The molecule has 1 aliphatic rings. The molecule has 0 aromatic heterocycles. The molecule has 0 bridgehead atoms. The lowest BCUT2D eigenvalue weighted by Crippen LogP contribution is -2.09. The summed E-state index contributed by atoms with van der Waals surface area (Å²) in [7, 11) is 0. The zero-order chi connectivity index (χ0) is 21.6. The van der Waals surface area contributed by atoms with E-state index in [1.54, 1.807) is 36.4 Å². The van der Waals surface area contributed by atoms with Crippen LogP contribution in [0.3, 0.4) is 0 Å². The van der Waals surface area contributed by atoms with Gasteiger partial charge in [-0.2, -0.15) is 0 Å². The Labute approximate surface area is 174 Å². The van der Waals surface area contributed by atoms with Crippen LogP contribution in [0.4, 0.5) is 0 Å². The Hall–Kier alpha value is -3.14. The molecule has 4 nitrogen and oxygen atoms in total. The van der Waals surface area contributed by atoms with Gasteiger partial charge in [0, 0.05) is 5.56 Å². The van der Waals surface area contributed by atoms with Crippen LogP contribution in [0.25, 0.3) is 0 Å². The normalized spacial score (nSPS) is 11.0. The number of phenols is 3. The molecule has 0 saturated heterocycles. The van der Waals surface area contributed by atoms with E-state index in [2.05, 4.69) is 0 Å². The molecule has 0 saturated carbocycles. The third-order valence-corrected chi connectivity index (χ3v) is 4.17. The van der Waals surface area contributed by atoms with Crippen molar-refractivity contribution in [3.05, 3.63) is 83.4 Å². The molecular formula is C25H32O4. The van der Waals surface area contributed by atoms with Gasteiger partial charge in [0.25, 0.3) is 0 Å². The molecule has 156 valence electrons. The van der Waals surface area contributed by atoms with E-state index in [4.69, 9.17) is 14.9 Å². The fraction of sp³-hybridized carbons (Fsp3) is 0.280. The zero-order valence-electron chi connectivity index (χ0n) is 17.7. The number of phenolic OH excluding ortho intramolecular Hbond substituents is 3. The summed E-state index contributed by atoms with van der Waals surface area (Å²) in [6.07, 6.45) is 2.15. The molecule has 0 radical (unpaired) electrons. The third kappa shape index (κ3) is 8.18. The highest BCUT2D eigenvalue weighted by molar-refractivity contribution is 5.49. The molecule has 1 heterocycles. The Bertz CT molecular complexity index is 824. The molecule has 4 rings (SSSR count). The van der Waals surface area contributed by atoms with Crippen LogP contribution in [0.15, 0.2) is 66.7 Å². The van der Waals surface area contributed by atoms with Gasteiger partial charge in [-0.25, -0.2) is 0 Å². The van der Waals surface area contributed by atoms with Crippen molar-refractivity contribution in [1.82, 2.24) is 0 Å². The summed E-state index contributed by atoms with van der Waals surface area (Å²) in [6.45, 7) is 8.53. The SMILES string of the molecule is CC.Cc1c(O)ccc2c1OCCC2.Cc1ccccc1O.Oc1ccccc1. The van der Waals surface area contributed by atoms with E-state index < -0.39 is 0 Å². The van der Waals surface area contributed by atoms with Crippen molar-refractivity contribution >= 4 is 0 Å². The van der Waals surface area contributed by atoms with Gasteiger partial charge in [0.05, 0.1) is 6.61 Å². The van der Waals surface area contributed by atoms with Gasteiger partial charge < -0.3 is 20.1 Å². The number of aromatic hydroxyl groups is 3. The van der Waals surface area contributed by atoms with E-state index >= 15 is 0 Å². The van der Waals surface area contributed by atoms with Gasteiger partial charge >= 0.3 is 0 Å². The second kappa shape index (κ2) is 13.1. The highest BCUT2D eigenvalue weighted by Crippen LogP contribution is 2.33. The van der Waals surface area contributed by atoms with Crippen LogP contribution < -0.4 is 4.74 Å². The number of hydrogen-bond donors (Lipinski definition) is 3. The molecule has 0 unspecified atom stereocenters. The van der Waals surface area contributed by atoms with E-state index in [0.717, 1.165) is 36.3 Å². The maximum absolute atomic E-state index is 9.40. The lowest BCUT2D eigenvalue weighted by molar-refractivity contribution is 0.284. The van der Waals surface area contributed by atoms with E-state index in [1.165, 1.54) is 5.56 Å². The van der Waals surface area contributed by atoms with Crippen molar-refractivity contribution in [3.63, 3.8) is 0 Å². The van der Waals surface area contributed by atoms with Crippen molar-refractivity contribution in [3.8, 4) is 23.0 Å². The lowest BCUT2D eigenvalue weighted by atomic mass is 10.0. The summed E-state index contributed by atoms with van der Waals surface area (Å²) in [5, 5.41) is 26.9. The van der Waals surface area contributed by atoms with Crippen LogP contribution in [-0.2, 0) is 6.42 Å². The van der Waals surface area contributed by atoms with Gasteiger partial charge in [0.2, 0.25) is 0 Å². The predicted octanol–water partition coefficient (Wildman–Crippen LogP) is 6.14. The number of benzene rings is 3. The van der Waals surface area contributed by atoms with Crippen molar-refractivity contribution < 1.29 is 20.1 Å². The minimum Gasteiger partial charge on any atom is -0.508 e. The Balaban J connectivity index is 0.000000218. The van der Waals surface area contributed by atoms with Gasteiger partial charge in [-0.05, 0) is 62.1 Å². The first-order chi connectivity index (χ1) is 14.0. The zero-order valence-corrected chi connectivity index (χ0v) is 17.7. The molecule has 0 spiro atoms. The first-order valence-electron chi connectivity index (χ1n) is 9.92. The van der Waals surface area contributed by atoms with E-state index in [0.29, 0.717) is 17.2 Å². The maximum atomic E-state index is 9.40. The molecule has 3 aromatic rings. The molecule has 0 fully saturated rings. The first kappa shape index (κ1) is 23.9. The molecule has 0 aliphatic carbocycles. The van der Waals surface area contributed by atoms with Crippen molar-refractivity contribution in [1.29, 1.82) is 0 Å². The summed E-state index contributed by atoms with van der Waals surface area (Å²) in [5.41, 5.74) is 3.01. The highest BCUT2D eigenvalue weighted by Gasteiger charge is 2.14. The third-order valence-electron chi connectivity index (χ3n) is 4.17. The van der Waals surface area contributed by atoms with Crippen LogP contribution in [0.5, 0.6) is 23.0 Å². The second-order valence-corrected chi connectivity index (χ2v) is 6.27. The first-order valence-corrected chi connectivity index (χ1v) is 9.92. The smallest absolute Gasteiger partial charge is 0.129 e. The molecule has 3 N–H and O–H groups in total. The molecular weight excluding hydrogens is 364 g/mol. The molecule has 0 atom stereocenters. The largest absolute Gasteiger partial charge is 0.508 e. The minimum atomic E-state index is 0.322. The van der Waals surface area contributed by atoms with Crippen molar-refractivity contribution in [2.45, 2.75) is 40.5 Å². The average Bonchev–Trinajstić information content (AvgIpc) is 2.76. The fourth-order valence-electron chi connectivity index (χ4n) is 2.56. The van der Waals surface area contributed by atoms with E-state index in [1.807, 2.05) is 58.0 Å². The van der Waals surface area contributed by atoms with Gasteiger partial charge in [-0.3, -0.25) is 0 Å². The fourth-order valence-corrected chi connectivity index (χ4v) is 2.56. The summed E-state index contributed by atoms with van der Waals surface area (Å²) in [6, 6.07) is 19.6. The number of hydrogen-bond acceptors (Lipinski definition) is 4. The molecule has 0 amide bonds. The summed E-state index contributed by atoms with van der Waals surface area (Å²) in [4.78, 5) is 0. The van der Waals surface area contributed by atoms with E-state index in [-0.39, 0.29) is 0 Å². The Morgan fingerprint density at radius 1 is 0.724 bits per heavy atom. The standard InChI is InChI=1S/C10H12O2.C7H8O.C6H6O.C2H6/c1-7-9(11)5-4-8-3-2-6-12-10(7)8;1-6-4-2-3-5-7(6)8;7-6-4-2-1-3-5-6;1-2/h4-5,11H,2-3,6H2,1H3;2-5,8H,1H3;1-5,7H;1-2H3. The van der Waals surface area contributed by atoms with Crippen LogP contribution in [0.1, 0.15) is 37.0 Å². The minimum absolute atomic E-state index is 0.322. The number of aryl methyl sites for hydroxylation is 2. The van der Waals surface area contributed by atoms with Gasteiger partial charge in [0.1, 0.15) is 23.0 Å². The van der Waals surface area contributed by atoms with Gasteiger partial charge in [0.15, 0.2) is 0 Å². The number of ether oxygens (including phenoxy) is 1. The quantitative estimate of drug-likeness (QED) is 0.426. The van der Waals surface area contributed by atoms with Gasteiger partial charge in [-0.15, -0.1) is 0 Å². The summed E-state index contributed by atoms with van der Waals surface area (Å²) >= 11 is 0. The highest BCUT2D eigenvalue weighted by atomic mass is 16.5. The molecule has 3 aromatic carbocycles. The Morgan fingerprint density at radius 2 is 1.34 bits per heavy atom. The van der Waals surface area contributed by atoms with Crippen molar-refractivity contribution in [2.75, 3.05) is 6.61 Å². The average molecular weight is 397 g/mol. The Kier molecular flexibility index (Phi) is 10.8.